The maximum atomic E-state index is 13.6. The summed E-state index contributed by atoms with van der Waals surface area (Å²) in [5.74, 6) is -2.03. The van der Waals surface area contributed by atoms with E-state index in [0.29, 0.717) is 24.2 Å². The van der Waals surface area contributed by atoms with Crippen LogP contribution in [0, 0.1) is 5.82 Å². The average molecular weight is 514 g/mol. The molecule has 0 unspecified atom stereocenters. The van der Waals surface area contributed by atoms with Crippen molar-refractivity contribution >= 4 is 11.9 Å². The predicted molar refractivity (Wildman–Crippen MR) is 134 cm³/mol. The number of benzene rings is 2. The summed E-state index contributed by atoms with van der Waals surface area (Å²) in [7, 11) is 0. The van der Waals surface area contributed by atoms with Crippen LogP contribution in [0.15, 0.2) is 54.6 Å². The van der Waals surface area contributed by atoms with Gasteiger partial charge in [-0.3, -0.25) is 9.59 Å². The molecular weight excluding hydrogens is 481 g/mol. The quantitative estimate of drug-likeness (QED) is 0.276. The molecule has 9 nitrogen and oxygen atoms in total. The summed E-state index contributed by atoms with van der Waals surface area (Å²) >= 11 is 0. The molecule has 1 amide bonds. The van der Waals surface area contributed by atoms with Gasteiger partial charge in [0.25, 0.3) is 5.91 Å². The number of ether oxygens (including phenoxy) is 1. The summed E-state index contributed by atoms with van der Waals surface area (Å²) in [5, 5.41) is 36.3. The molecule has 3 aromatic rings. The second-order valence-corrected chi connectivity index (χ2v) is 9.05. The molecular formula is C27H32FN3O6. The van der Waals surface area contributed by atoms with Gasteiger partial charge in [-0.2, -0.15) is 5.10 Å². The van der Waals surface area contributed by atoms with Gasteiger partial charge >= 0.3 is 5.97 Å². The Balaban J connectivity index is 1.85. The smallest absolute Gasteiger partial charge is 0.305 e. The first-order valence-corrected chi connectivity index (χ1v) is 12.1. The van der Waals surface area contributed by atoms with Crippen molar-refractivity contribution in [3.8, 4) is 11.6 Å². The summed E-state index contributed by atoms with van der Waals surface area (Å²) in [6, 6.07) is 15.2. The lowest BCUT2D eigenvalue weighted by atomic mass is 10.0. The van der Waals surface area contributed by atoms with Gasteiger partial charge in [0.05, 0.1) is 24.3 Å². The summed E-state index contributed by atoms with van der Waals surface area (Å²) in [4.78, 5) is 23.9. The summed E-state index contributed by atoms with van der Waals surface area (Å²) in [6.07, 6.45) is -2.49. The standard InChI is InChI=1S/C27H32FN3O6/c1-17(2)24-25(26(36)29-13-12-18-6-4-3-5-7-18)30-31(20-10-8-19(28)9-11-20)27(24)37-16-22(33)14-21(32)15-23(34)35/h3-11,17,21-22,32-33H,12-16H2,1-2H3,(H,29,36)(H,34,35)/t21-,22+/m1/s1. The third-order valence-electron chi connectivity index (χ3n) is 5.65. The molecule has 0 radical (unpaired) electrons. The fourth-order valence-corrected chi connectivity index (χ4v) is 3.89. The zero-order valence-corrected chi connectivity index (χ0v) is 20.8. The van der Waals surface area contributed by atoms with Crippen LogP contribution in [0.25, 0.3) is 5.69 Å². The molecule has 0 spiro atoms. The van der Waals surface area contributed by atoms with Crippen LogP contribution in [0.2, 0.25) is 0 Å². The lowest BCUT2D eigenvalue weighted by Crippen LogP contribution is -2.27. The fourth-order valence-electron chi connectivity index (χ4n) is 3.89. The van der Waals surface area contributed by atoms with Crippen molar-refractivity contribution in [2.24, 2.45) is 0 Å². The molecule has 1 heterocycles. The number of hydrogen-bond acceptors (Lipinski definition) is 6. The number of aliphatic hydroxyl groups is 2. The first-order valence-electron chi connectivity index (χ1n) is 12.1. The molecule has 10 heteroatoms. The number of carboxylic acids is 1. The number of aliphatic carboxylic acids is 1. The van der Waals surface area contributed by atoms with Crippen molar-refractivity contribution < 1.29 is 34.0 Å². The molecule has 2 aromatic carbocycles. The Morgan fingerprint density at radius 3 is 2.35 bits per heavy atom. The summed E-state index contributed by atoms with van der Waals surface area (Å²) in [6.45, 7) is 3.85. The van der Waals surface area contributed by atoms with E-state index in [2.05, 4.69) is 10.4 Å². The van der Waals surface area contributed by atoms with Crippen molar-refractivity contribution in [2.75, 3.05) is 13.2 Å². The first-order chi connectivity index (χ1) is 17.7. The highest BCUT2D eigenvalue weighted by atomic mass is 19.1. The molecule has 0 bridgehead atoms. The van der Waals surface area contributed by atoms with Crippen molar-refractivity contribution in [1.29, 1.82) is 0 Å². The van der Waals surface area contributed by atoms with Gasteiger partial charge in [0, 0.05) is 18.5 Å². The van der Waals surface area contributed by atoms with Crippen LogP contribution in [0.3, 0.4) is 0 Å². The van der Waals surface area contributed by atoms with Gasteiger partial charge in [-0.1, -0.05) is 44.2 Å². The monoisotopic (exact) mass is 513 g/mol. The minimum absolute atomic E-state index is 0.141. The Hall–Kier alpha value is -3.76. The number of rotatable bonds is 13. The van der Waals surface area contributed by atoms with Crippen molar-refractivity contribution in [2.45, 2.75) is 51.2 Å². The van der Waals surface area contributed by atoms with Gasteiger partial charge in [0.2, 0.25) is 5.88 Å². The summed E-state index contributed by atoms with van der Waals surface area (Å²) < 4.78 is 20.8. The Labute approximate surface area is 214 Å². The molecule has 3 rings (SSSR count). The molecule has 0 aliphatic heterocycles. The average Bonchev–Trinajstić information content (AvgIpc) is 3.23. The Kier molecular flexibility index (Phi) is 9.76. The number of carbonyl (C=O) groups excluding carboxylic acids is 1. The van der Waals surface area contributed by atoms with E-state index in [1.165, 1.54) is 28.9 Å². The molecule has 0 aliphatic rings. The summed E-state index contributed by atoms with van der Waals surface area (Å²) in [5.41, 5.74) is 2.16. The third kappa shape index (κ3) is 7.86. The number of aromatic nitrogens is 2. The van der Waals surface area contributed by atoms with Crippen LogP contribution >= 0.6 is 0 Å². The molecule has 2 atom stereocenters. The zero-order valence-electron chi connectivity index (χ0n) is 20.8. The topological polar surface area (TPSA) is 134 Å². The minimum atomic E-state index is -1.24. The van der Waals surface area contributed by atoms with Gasteiger partial charge in [0.15, 0.2) is 5.69 Å². The predicted octanol–water partition coefficient (Wildman–Crippen LogP) is 3.07. The van der Waals surface area contributed by atoms with Gasteiger partial charge in [0.1, 0.15) is 12.4 Å². The second kappa shape index (κ2) is 13.0. The van der Waals surface area contributed by atoms with E-state index in [1.807, 2.05) is 44.2 Å². The second-order valence-electron chi connectivity index (χ2n) is 9.05. The van der Waals surface area contributed by atoms with Crippen LogP contribution in [-0.4, -0.2) is 62.3 Å². The number of nitrogens with one attached hydrogen (secondary N) is 1. The number of amides is 1. The molecule has 0 fully saturated rings. The molecule has 0 saturated heterocycles. The van der Waals surface area contributed by atoms with E-state index in [9.17, 15) is 24.2 Å². The van der Waals surface area contributed by atoms with Gasteiger partial charge in [-0.05, 0) is 42.2 Å². The SMILES string of the molecule is CC(C)c1c(C(=O)NCCc2ccccc2)nn(-c2ccc(F)cc2)c1OC[C@@H](O)C[C@@H](O)CC(=O)O. The van der Waals surface area contributed by atoms with E-state index in [0.717, 1.165) is 5.56 Å². The van der Waals surface area contributed by atoms with Crippen molar-refractivity contribution in [3.63, 3.8) is 0 Å². The van der Waals surface area contributed by atoms with Crippen LogP contribution in [-0.2, 0) is 11.2 Å². The van der Waals surface area contributed by atoms with Crippen LogP contribution in [0.5, 0.6) is 5.88 Å². The maximum absolute atomic E-state index is 13.6. The minimum Gasteiger partial charge on any atom is -0.481 e. The van der Waals surface area contributed by atoms with E-state index < -0.39 is 36.3 Å². The maximum Gasteiger partial charge on any atom is 0.305 e. The number of nitrogens with zero attached hydrogens (tertiary/aromatic N) is 2. The first kappa shape index (κ1) is 27.8. The fraction of sp³-hybridized carbons (Fsp3) is 0.370. The van der Waals surface area contributed by atoms with Crippen LogP contribution in [0.1, 0.15) is 54.2 Å². The van der Waals surface area contributed by atoms with E-state index in [4.69, 9.17) is 9.84 Å². The van der Waals surface area contributed by atoms with Crippen molar-refractivity contribution in [1.82, 2.24) is 15.1 Å². The Morgan fingerprint density at radius 1 is 1.05 bits per heavy atom. The van der Waals surface area contributed by atoms with E-state index in [1.54, 1.807) is 0 Å². The molecule has 1 aromatic heterocycles. The lowest BCUT2D eigenvalue weighted by molar-refractivity contribution is -0.139. The number of halogens is 1. The largest absolute Gasteiger partial charge is 0.481 e. The van der Waals surface area contributed by atoms with Gasteiger partial charge in [-0.25, -0.2) is 9.07 Å². The number of aliphatic hydroxyl groups excluding tert-OH is 2. The Bertz CT molecular complexity index is 1180. The normalized spacial score (nSPS) is 12.8. The highest BCUT2D eigenvalue weighted by molar-refractivity contribution is 5.94. The molecule has 0 aliphatic carbocycles. The Morgan fingerprint density at radius 2 is 1.73 bits per heavy atom. The number of hydrogen-bond donors (Lipinski definition) is 4. The molecule has 0 saturated carbocycles. The number of carbonyl (C=O) groups is 2. The van der Waals surface area contributed by atoms with Crippen LogP contribution < -0.4 is 10.1 Å². The van der Waals surface area contributed by atoms with E-state index in [-0.39, 0.29) is 30.5 Å². The molecule has 37 heavy (non-hydrogen) atoms. The van der Waals surface area contributed by atoms with Crippen molar-refractivity contribution in [3.05, 3.63) is 77.2 Å². The van der Waals surface area contributed by atoms with Crippen LogP contribution in [0.4, 0.5) is 4.39 Å². The molecule has 4 N–H and O–H groups in total. The van der Waals surface area contributed by atoms with Gasteiger partial charge in [-0.15, -0.1) is 0 Å². The highest BCUT2D eigenvalue weighted by Crippen LogP contribution is 2.33. The number of carboxylic acid groups (broad SMARTS) is 1. The zero-order chi connectivity index (χ0) is 26.9. The lowest BCUT2D eigenvalue weighted by Gasteiger charge is -2.17. The highest BCUT2D eigenvalue weighted by Gasteiger charge is 2.28. The third-order valence-corrected chi connectivity index (χ3v) is 5.65. The van der Waals surface area contributed by atoms with E-state index >= 15 is 0 Å². The molecule has 198 valence electrons. The van der Waals surface area contributed by atoms with Gasteiger partial charge < -0.3 is 25.4 Å².